The number of aliphatic hydroxyl groups excluding tert-OH is 2. The van der Waals surface area contributed by atoms with Crippen molar-refractivity contribution in [2.75, 3.05) is 13.2 Å². The summed E-state index contributed by atoms with van der Waals surface area (Å²) in [4.78, 5) is 24.5. The number of carbonyl (C=O) groups is 2. The first-order valence-electron chi connectivity index (χ1n) is 26.1. The van der Waals surface area contributed by atoms with Crippen LogP contribution < -0.4 is 5.32 Å². The minimum Gasteiger partial charge on any atom is -0.466 e. The number of ether oxygens (including phenoxy) is 1. The summed E-state index contributed by atoms with van der Waals surface area (Å²) >= 11 is 0. The molecule has 0 saturated carbocycles. The molecular formula is C53H101NO5. The predicted molar refractivity (Wildman–Crippen MR) is 255 cm³/mol. The molecule has 0 aromatic carbocycles. The van der Waals surface area contributed by atoms with E-state index in [4.69, 9.17) is 4.74 Å². The molecule has 0 heterocycles. The first-order valence-corrected chi connectivity index (χ1v) is 26.1. The van der Waals surface area contributed by atoms with E-state index in [1.807, 2.05) is 0 Å². The molecule has 6 heteroatoms. The van der Waals surface area contributed by atoms with Gasteiger partial charge in [-0.05, 0) is 70.6 Å². The fourth-order valence-corrected chi connectivity index (χ4v) is 7.93. The highest BCUT2D eigenvalue weighted by molar-refractivity contribution is 5.76. The Morgan fingerprint density at radius 2 is 0.814 bits per heavy atom. The van der Waals surface area contributed by atoms with Crippen molar-refractivity contribution in [3.8, 4) is 0 Å². The van der Waals surface area contributed by atoms with Crippen LogP contribution in [0, 0.1) is 0 Å². The van der Waals surface area contributed by atoms with Gasteiger partial charge in [0.2, 0.25) is 5.91 Å². The molecule has 0 aliphatic carbocycles. The molecule has 0 radical (unpaired) electrons. The molecule has 348 valence electrons. The summed E-state index contributed by atoms with van der Waals surface area (Å²) in [6.45, 7) is 4.86. The minimum absolute atomic E-state index is 0.0429. The Balaban J connectivity index is 3.54. The van der Waals surface area contributed by atoms with Crippen molar-refractivity contribution >= 4 is 11.9 Å². The molecule has 6 nitrogen and oxygen atoms in total. The van der Waals surface area contributed by atoms with E-state index in [-0.39, 0.29) is 18.5 Å². The molecule has 0 spiro atoms. The zero-order chi connectivity index (χ0) is 43.0. The Labute approximate surface area is 367 Å². The van der Waals surface area contributed by atoms with Crippen molar-refractivity contribution in [1.29, 1.82) is 0 Å². The SMILES string of the molecule is CCCCCCCCC/C=C\CCCCCCCC(=O)OCCCCCC/C=C\CCCC(=O)NC(CO)C(O)CCCCCCCCCCCCCCCCCCC. The maximum atomic E-state index is 12.4. The summed E-state index contributed by atoms with van der Waals surface area (Å²) in [7, 11) is 0. The van der Waals surface area contributed by atoms with Crippen LogP contribution in [0.1, 0.15) is 277 Å². The predicted octanol–water partition coefficient (Wildman–Crippen LogP) is 15.5. The number of nitrogens with one attached hydrogen (secondary N) is 1. The lowest BCUT2D eigenvalue weighted by atomic mass is 10.0. The quantitative estimate of drug-likeness (QED) is 0.0322. The van der Waals surface area contributed by atoms with E-state index >= 15 is 0 Å². The normalized spacial score (nSPS) is 12.8. The van der Waals surface area contributed by atoms with Crippen molar-refractivity contribution in [2.45, 2.75) is 289 Å². The van der Waals surface area contributed by atoms with Gasteiger partial charge in [0, 0.05) is 12.8 Å². The third kappa shape index (κ3) is 45.7. The van der Waals surface area contributed by atoms with E-state index in [2.05, 4.69) is 43.5 Å². The maximum absolute atomic E-state index is 12.4. The Hall–Kier alpha value is -1.66. The van der Waals surface area contributed by atoms with Gasteiger partial charge in [-0.1, -0.05) is 218 Å². The molecule has 59 heavy (non-hydrogen) atoms. The molecule has 1 amide bonds. The van der Waals surface area contributed by atoms with E-state index in [0.29, 0.717) is 25.9 Å². The van der Waals surface area contributed by atoms with E-state index < -0.39 is 12.1 Å². The molecule has 0 aromatic heterocycles. The third-order valence-electron chi connectivity index (χ3n) is 12.0. The second-order valence-electron chi connectivity index (χ2n) is 17.8. The van der Waals surface area contributed by atoms with Crippen molar-refractivity contribution in [1.82, 2.24) is 5.32 Å². The molecular weight excluding hydrogens is 731 g/mol. The molecule has 2 unspecified atom stereocenters. The highest BCUT2D eigenvalue weighted by atomic mass is 16.5. The largest absolute Gasteiger partial charge is 0.466 e. The molecule has 3 N–H and O–H groups in total. The Morgan fingerprint density at radius 1 is 0.458 bits per heavy atom. The van der Waals surface area contributed by atoms with E-state index in [0.717, 1.165) is 70.6 Å². The molecule has 0 bridgehead atoms. The maximum Gasteiger partial charge on any atom is 0.305 e. The number of rotatable bonds is 48. The van der Waals surface area contributed by atoms with Crippen molar-refractivity contribution in [3.05, 3.63) is 24.3 Å². The molecule has 2 atom stereocenters. The number of hydrogen-bond acceptors (Lipinski definition) is 5. The van der Waals surface area contributed by atoms with Gasteiger partial charge in [0.05, 0.1) is 25.4 Å². The average Bonchev–Trinajstić information content (AvgIpc) is 3.24. The van der Waals surface area contributed by atoms with Gasteiger partial charge in [0.25, 0.3) is 0 Å². The standard InChI is InChI=1S/C53H101NO5/c1-3-5-7-9-11-13-15-17-19-21-22-24-26-29-33-37-41-45-51(56)50(49-55)54-52(57)46-42-38-34-30-28-32-36-40-44-48-59-53(58)47-43-39-35-31-27-25-23-20-18-16-14-12-10-8-6-4-2/h20,23,30,34,50-51,55-56H,3-19,21-22,24-29,31-33,35-49H2,1-2H3,(H,54,57)/b23-20-,34-30-. The van der Waals surface area contributed by atoms with Crippen molar-refractivity contribution in [3.63, 3.8) is 0 Å². The zero-order valence-electron chi connectivity index (χ0n) is 39.5. The Kier molecular flexibility index (Phi) is 47.6. The second-order valence-corrected chi connectivity index (χ2v) is 17.8. The highest BCUT2D eigenvalue weighted by Crippen LogP contribution is 2.16. The Morgan fingerprint density at radius 3 is 1.24 bits per heavy atom. The lowest BCUT2D eigenvalue weighted by Gasteiger charge is -2.22. The van der Waals surface area contributed by atoms with Crippen LogP contribution in [-0.2, 0) is 14.3 Å². The first-order chi connectivity index (χ1) is 29.0. The summed E-state index contributed by atoms with van der Waals surface area (Å²) in [5.41, 5.74) is 0. The number of amides is 1. The van der Waals surface area contributed by atoms with Crippen LogP contribution in [0.3, 0.4) is 0 Å². The van der Waals surface area contributed by atoms with Crippen LogP contribution in [0.4, 0.5) is 0 Å². The van der Waals surface area contributed by atoms with Crippen molar-refractivity contribution < 1.29 is 24.5 Å². The molecule has 0 fully saturated rings. The number of aliphatic hydroxyl groups is 2. The molecule has 0 aliphatic rings. The van der Waals surface area contributed by atoms with E-state index in [9.17, 15) is 19.8 Å². The van der Waals surface area contributed by atoms with Crippen LogP contribution >= 0.6 is 0 Å². The number of hydrogen-bond donors (Lipinski definition) is 3. The van der Waals surface area contributed by atoms with Crippen LogP contribution in [-0.4, -0.2) is 47.4 Å². The summed E-state index contributed by atoms with van der Waals surface area (Å²) in [6.07, 6.45) is 57.3. The fraction of sp³-hybridized carbons (Fsp3) is 0.887. The van der Waals surface area contributed by atoms with Crippen LogP contribution in [0.5, 0.6) is 0 Å². The van der Waals surface area contributed by atoms with Crippen molar-refractivity contribution in [2.24, 2.45) is 0 Å². The zero-order valence-corrected chi connectivity index (χ0v) is 39.5. The number of carbonyl (C=O) groups excluding carboxylic acids is 2. The lowest BCUT2D eigenvalue weighted by molar-refractivity contribution is -0.143. The minimum atomic E-state index is -0.695. The highest BCUT2D eigenvalue weighted by Gasteiger charge is 2.20. The van der Waals surface area contributed by atoms with Gasteiger partial charge in [-0.2, -0.15) is 0 Å². The van der Waals surface area contributed by atoms with Crippen LogP contribution in [0.2, 0.25) is 0 Å². The van der Waals surface area contributed by atoms with Gasteiger partial charge in [0.15, 0.2) is 0 Å². The van der Waals surface area contributed by atoms with Gasteiger partial charge in [-0.3, -0.25) is 9.59 Å². The van der Waals surface area contributed by atoms with E-state index in [1.165, 1.54) is 173 Å². The summed E-state index contributed by atoms with van der Waals surface area (Å²) < 4.78 is 5.44. The smallest absolute Gasteiger partial charge is 0.305 e. The number of allylic oxidation sites excluding steroid dienone is 4. The number of esters is 1. The van der Waals surface area contributed by atoms with Gasteiger partial charge in [0.1, 0.15) is 0 Å². The fourth-order valence-electron chi connectivity index (χ4n) is 7.93. The summed E-state index contributed by atoms with van der Waals surface area (Å²) in [5.74, 6) is -0.138. The molecule has 0 aromatic rings. The van der Waals surface area contributed by atoms with Gasteiger partial charge in [-0.15, -0.1) is 0 Å². The number of unbranched alkanes of at least 4 members (excludes halogenated alkanes) is 33. The second kappa shape index (κ2) is 49.0. The molecule has 0 rings (SSSR count). The van der Waals surface area contributed by atoms with E-state index in [1.54, 1.807) is 0 Å². The average molecular weight is 832 g/mol. The van der Waals surface area contributed by atoms with Gasteiger partial charge in [-0.25, -0.2) is 0 Å². The Bertz CT molecular complexity index is 920. The van der Waals surface area contributed by atoms with Gasteiger partial charge >= 0.3 is 5.97 Å². The van der Waals surface area contributed by atoms with Crippen LogP contribution in [0.15, 0.2) is 24.3 Å². The topological polar surface area (TPSA) is 95.9 Å². The van der Waals surface area contributed by atoms with Gasteiger partial charge < -0.3 is 20.3 Å². The third-order valence-corrected chi connectivity index (χ3v) is 12.0. The lowest BCUT2D eigenvalue weighted by Crippen LogP contribution is -2.45. The molecule has 0 aliphatic heterocycles. The molecule has 0 saturated heterocycles. The monoisotopic (exact) mass is 832 g/mol. The summed E-state index contributed by atoms with van der Waals surface area (Å²) in [5, 5.41) is 23.2. The summed E-state index contributed by atoms with van der Waals surface area (Å²) in [6, 6.07) is -0.579. The first kappa shape index (κ1) is 57.3. The van der Waals surface area contributed by atoms with Crippen LogP contribution in [0.25, 0.3) is 0 Å².